The molecule has 0 N–H and O–H groups in total. The van der Waals surface area contributed by atoms with Crippen molar-refractivity contribution in [2.45, 2.75) is 0 Å². The van der Waals surface area contributed by atoms with Crippen LogP contribution in [0.5, 0.6) is 23.0 Å². The second-order valence-corrected chi connectivity index (χ2v) is 4.82. The molecule has 1 aromatic heterocycles. The number of fused-ring (bicyclic) bond motifs is 3. The van der Waals surface area contributed by atoms with E-state index >= 15 is 0 Å². The molecule has 0 bridgehead atoms. The van der Waals surface area contributed by atoms with Crippen molar-refractivity contribution in [3.63, 3.8) is 0 Å². The molecule has 0 aliphatic carbocycles. The van der Waals surface area contributed by atoms with Gasteiger partial charge in [0.15, 0.2) is 11.5 Å². The summed E-state index contributed by atoms with van der Waals surface area (Å²) >= 11 is 0. The van der Waals surface area contributed by atoms with E-state index in [4.69, 9.17) is 23.4 Å². The Morgan fingerprint density at radius 3 is 2.17 bits per heavy atom. The topological polar surface area (TPSA) is 67.1 Å². The van der Waals surface area contributed by atoms with E-state index in [2.05, 4.69) is 0 Å². The summed E-state index contributed by atoms with van der Waals surface area (Å²) in [7, 11) is 6.12. The first-order valence-electron chi connectivity index (χ1n) is 6.88. The predicted octanol–water partition coefficient (Wildman–Crippen LogP) is 2.98. The molecule has 1 heterocycles. The summed E-state index contributed by atoms with van der Waals surface area (Å²) in [6.45, 7) is 0. The number of ether oxygens (including phenoxy) is 4. The smallest absolute Gasteiger partial charge is 0.347 e. The molecule has 0 fully saturated rings. The summed E-state index contributed by atoms with van der Waals surface area (Å²) in [6.07, 6.45) is 0. The van der Waals surface area contributed by atoms with E-state index in [0.29, 0.717) is 44.7 Å². The van der Waals surface area contributed by atoms with Crippen LogP contribution in [-0.4, -0.2) is 28.4 Å². The molecule has 6 nitrogen and oxygen atoms in total. The SMILES string of the molecule is COc1cc(OC)c2c(=O)oc3ccc(OC)c(OC)c3c2c1. The summed E-state index contributed by atoms with van der Waals surface area (Å²) in [4.78, 5) is 12.4. The number of methoxy groups -OCH3 is 4. The van der Waals surface area contributed by atoms with Gasteiger partial charge in [-0.05, 0) is 18.2 Å². The molecule has 0 amide bonds. The summed E-state index contributed by atoms with van der Waals surface area (Å²) in [5.74, 6) is 1.96. The standard InChI is InChI=1S/C17H16O6/c1-19-9-7-10-14-11(5-6-12(20-2)16(14)22-4)23-17(18)15(10)13(8-9)21-3/h5-8H,1-4H3. The van der Waals surface area contributed by atoms with E-state index in [-0.39, 0.29) is 0 Å². The van der Waals surface area contributed by atoms with Gasteiger partial charge in [-0.15, -0.1) is 0 Å². The van der Waals surface area contributed by atoms with Gasteiger partial charge in [-0.2, -0.15) is 0 Å². The molecule has 23 heavy (non-hydrogen) atoms. The molecule has 0 saturated heterocycles. The minimum absolute atomic E-state index is 0.326. The molecule has 0 spiro atoms. The van der Waals surface area contributed by atoms with Crippen LogP contribution in [0.2, 0.25) is 0 Å². The first-order chi connectivity index (χ1) is 11.1. The quantitative estimate of drug-likeness (QED) is 0.544. The lowest BCUT2D eigenvalue weighted by Crippen LogP contribution is -2.04. The van der Waals surface area contributed by atoms with Crippen molar-refractivity contribution < 1.29 is 23.4 Å². The van der Waals surface area contributed by atoms with Crippen LogP contribution in [0.1, 0.15) is 0 Å². The average Bonchev–Trinajstić information content (AvgIpc) is 2.59. The van der Waals surface area contributed by atoms with Crippen molar-refractivity contribution in [1.82, 2.24) is 0 Å². The fraction of sp³-hybridized carbons (Fsp3) is 0.235. The first kappa shape index (κ1) is 15.0. The van der Waals surface area contributed by atoms with Crippen molar-refractivity contribution in [1.29, 1.82) is 0 Å². The lowest BCUT2D eigenvalue weighted by molar-refractivity contribution is 0.358. The Kier molecular flexibility index (Phi) is 3.73. The molecule has 2 aromatic carbocycles. The highest BCUT2D eigenvalue weighted by Crippen LogP contribution is 2.41. The number of hydrogen-bond donors (Lipinski definition) is 0. The van der Waals surface area contributed by atoms with E-state index < -0.39 is 5.63 Å². The summed E-state index contributed by atoms with van der Waals surface area (Å²) in [5, 5.41) is 1.56. The van der Waals surface area contributed by atoms with Crippen molar-refractivity contribution in [2.75, 3.05) is 28.4 Å². The van der Waals surface area contributed by atoms with Crippen LogP contribution in [-0.2, 0) is 0 Å². The van der Waals surface area contributed by atoms with Crippen LogP contribution in [0, 0.1) is 0 Å². The van der Waals surface area contributed by atoms with Gasteiger partial charge in [0.05, 0.1) is 33.8 Å². The normalized spacial score (nSPS) is 10.8. The Hall–Kier alpha value is -2.89. The zero-order valence-corrected chi connectivity index (χ0v) is 13.3. The minimum Gasteiger partial charge on any atom is -0.497 e. The summed E-state index contributed by atoms with van der Waals surface area (Å²) in [6, 6.07) is 6.74. The molecule has 0 saturated carbocycles. The van der Waals surface area contributed by atoms with E-state index in [1.807, 2.05) is 0 Å². The van der Waals surface area contributed by atoms with Gasteiger partial charge in [0, 0.05) is 11.5 Å². The van der Waals surface area contributed by atoms with Crippen LogP contribution in [0.3, 0.4) is 0 Å². The second kappa shape index (κ2) is 5.72. The van der Waals surface area contributed by atoms with Crippen LogP contribution in [0.15, 0.2) is 33.5 Å². The van der Waals surface area contributed by atoms with E-state index in [0.717, 1.165) is 0 Å². The van der Waals surface area contributed by atoms with Gasteiger partial charge in [-0.3, -0.25) is 0 Å². The molecule has 0 aliphatic heterocycles. The molecule has 3 aromatic rings. The first-order valence-corrected chi connectivity index (χ1v) is 6.88. The van der Waals surface area contributed by atoms with Crippen LogP contribution in [0.4, 0.5) is 0 Å². The van der Waals surface area contributed by atoms with Gasteiger partial charge in [0.25, 0.3) is 0 Å². The molecule has 0 atom stereocenters. The third-order valence-corrected chi connectivity index (χ3v) is 3.71. The average molecular weight is 316 g/mol. The highest BCUT2D eigenvalue weighted by Gasteiger charge is 2.19. The van der Waals surface area contributed by atoms with Gasteiger partial charge >= 0.3 is 5.63 Å². The van der Waals surface area contributed by atoms with Crippen molar-refractivity contribution in [3.8, 4) is 23.0 Å². The fourth-order valence-electron chi connectivity index (χ4n) is 2.68. The van der Waals surface area contributed by atoms with Crippen molar-refractivity contribution in [3.05, 3.63) is 34.7 Å². The predicted molar refractivity (Wildman–Crippen MR) is 86.2 cm³/mol. The molecule has 3 rings (SSSR count). The number of hydrogen-bond acceptors (Lipinski definition) is 6. The van der Waals surface area contributed by atoms with Gasteiger partial charge < -0.3 is 23.4 Å². The molecular formula is C17H16O6. The van der Waals surface area contributed by atoms with E-state index in [1.54, 1.807) is 38.5 Å². The summed E-state index contributed by atoms with van der Waals surface area (Å²) in [5.41, 5.74) is -0.0883. The van der Waals surface area contributed by atoms with Gasteiger partial charge in [0.1, 0.15) is 22.5 Å². The Morgan fingerprint density at radius 2 is 1.57 bits per heavy atom. The van der Waals surface area contributed by atoms with Gasteiger partial charge in [-0.25, -0.2) is 4.79 Å². The number of rotatable bonds is 4. The lowest BCUT2D eigenvalue weighted by atomic mass is 10.0. The maximum absolute atomic E-state index is 12.4. The molecule has 0 radical (unpaired) electrons. The number of benzene rings is 2. The largest absolute Gasteiger partial charge is 0.497 e. The van der Waals surface area contributed by atoms with Crippen LogP contribution < -0.4 is 24.6 Å². The highest BCUT2D eigenvalue weighted by atomic mass is 16.5. The molecule has 0 aliphatic rings. The zero-order chi connectivity index (χ0) is 16.6. The van der Waals surface area contributed by atoms with E-state index in [9.17, 15) is 4.79 Å². The Bertz CT molecular complexity index is 941. The van der Waals surface area contributed by atoms with Gasteiger partial charge in [0.2, 0.25) is 0 Å². The lowest BCUT2D eigenvalue weighted by Gasteiger charge is -2.13. The van der Waals surface area contributed by atoms with Crippen LogP contribution >= 0.6 is 0 Å². The Labute approximate surface area is 132 Å². The Balaban J connectivity index is 2.61. The molecule has 6 heteroatoms. The maximum Gasteiger partial charge on any atom is 0.347 e. The Morgan fingerprint density at radius 1 is 0.826 bits per heavy atom. The molecule has 0 unspecified atom stereocenters. The monoisotopic (exact) mass is 316 g/mol. The van der Waals surface area contributed by atoms with Crippen molar-refractivity contribution >= 4 is 21.7 Å². The second-order valence-electron chi connectivity index (χ2n) is 4.82. The van der Waals surface area contributed by atoms with E-state index in [1.165, 1.54) is 14.2 Å². The molecule has 120 valence electrons. The summed E-state index contributed by atoms with van der Waals surface area (Å²) < 4.78 is 26.8. The fourth-order valence-corrected chi connectivity index (χ4v) is 2.68. The maximum atomic E-state index is 12.4. The van der Waals surface area contributed by atoms with Crippen molar-refractivity contribution in [2.24, 2.45) is 0 Å². The molecular weight excluding hydrogens is 300 g/mol. The zero-order valence-electron chi connectivity index (χ0n) is 13.3. The third kappa shape index (κ3) is 2.23. The van der Waals surface area contributed by atoms with Gasteiger partial charge in [-0.1, -0.05) is 0 Å². The third-order valence-electron chi connectivity index (χ3n) is 3.71. The minimum atomic E-state index is -0.487. The highest BCUT2D eigenvalue weighted by molar-refractivity contribution is 6.10. The van der Waals surface area contributed by atoms with Crippen LogP contribution in [0.25, 0.3) is 21.7 Å².